The molecule has 0 amide bonds. The molecule has 4 N–H and O–H groups in total. The Morgan fingerprint density at radius 2 is 1.72 bits per heavy atom. The second-order valence-corrected chi connectivity index (χ2v) is 16.3. The molecule has 5 aliphatic rings. The second-order valence-electron chi connectivity index (χ2n) is 16.3. The minimum atomic E-state index is -1.56. The van der Waals surface area contributed by atoms with Gasteiger partial charge in [0.05, 0.1) is 54.4 Å². The van der Waals surface area contributed by atoms with E-state index in [0.717, 1.165) is 32.1 Å². The molecule has 5 aliphatic heterocycles. The van der Waals surface area contributed by atoms with E-state index in [-0.39, 0.29) is 59.9 Å². The topological polar surface area (TPSA) is 153 Å². The van der Waals surface area contributed by atoms with Crippen LogP contribution < -0.4 is 0 Å². The zero-order chi connectivity index (χ0) is 34.7. The number of aliphatic carboxylic acids is 1. The monoisotopic (exact) mass is 670 g/mol. The van der Waals surface area contributed by atoms with E-state index in [0.29, 0.717) is 19.3 Å². The molecule has 11 heteroatoms. The predicted molar refractivity (Wildman–Crippen MR) is 172 cm³/mol. The highest BCUT2D eigenvalue weighted by Crippen LogP contribution is 2.55. The smallest absolute Gasteiger partial charge is 0.333 e. The lowest BCUT2D eigenvalue weighted by Crippen LogP contribution is -2.56. The molecule has 0 aliphatic carbocycles. The Bertz CT molecular complexity index is 1110. The standard InChI is InChI=1S/C36H62O11/c1-10-34(31-20(3)16-26(43-31)28-19(2)15-21(4)36(41,18-37)46-28)12-11-27(44-34)33(8)13-14-35(47-33)17-25(38)24(7)29(45-35)22(5)23(6)30(42-9)32(39)40/h19-31,37-38,41H,10-18H2,1-9H3,(H,39,40). The molecule has 0 aromatic carbocycles. The first-order valence-electron chi connectivity index (χ1n) is 18.1. The lowest BCUT2D eigenvalue weighted by atomic mass is 9.76. The molecule has 0 radical (unpaired) electrons. The summed E-state index contributed by atoms with van der Waals surface area (Å²) in [6.45, 7) is 15.8. The molecule has 5 heterocycles. The molecule has 1 spiro atoms. The summed E-state index contributed by atoms with van der Waals surface area (Å²) in [5.74, 6) is -4.08. The minimum Gasteiger partial charge on any atom is -0.479 e. The van der Waals surface area contributed by atoms with Crippen LogP contribution in [0, 0.1) is 35.5 Å². The molecule has 0 aromatic rings. The predicted octanol–water partition coefficient (Wildman–Crippen LogP) is 4.27. The van der Waals surface area contributed by atoms with Crippen LogP contribution in [0.3, 0.4) is 0 Å². The zero-order valence-electron chi connectivity index (χ0n) is 30.0. The summed E-state index contributed by atoms with van der Waals surface area (Å²) in [5.41, 5.74) is -1.14. The van der Waals surface area contributed by atoms with Gasteiger partial charge in [-0.05, 0) is 69.1 Å². The summed E-state index contributed by atoms with van der Waals surface area (Å²) in [6, 6.07) is 0. The van der Waals surface area contributed by atoms with Crippen LogP contribution in [0.25, 0.3) is 0 Å². The van der Waals surface area contributed by atoms with E-state index in [1.165, 1.54) is 7.11 Å². The molecule has 17 atom stereocenters. The Balaban J connectivity index is 1.28. The number of ether oxygens (including phenoxy) is 6. The largest absolute Gasteiger partial charge is 0.479 e. The van der Waals surface area contributed by atoms with Gasteiger partial charge >= 0.3 is 5.97 Å². The highest BCUT2D eigenvalue weighted by atomic mass is 16.7. The zero-order valence-corrected chi connectivity index (χ0v) is 30.0. The van der Waals surface area contributed by atoms with Gasteiger partial charge in [0.2, 0.25) is 0 Å². The Kier molecular flexibility index (Phi) is 10.9. The average Bonchev–Trinajstić information content (AvgIpc) is 3.73. The number of hydrogen-bond donors (Lipinski definition) is 4. The van der Waals surface area contributed by atoms with Crippen LogP contribution in [0.1, 0.15) is 107 Å². The number of carbonyl (C=O) groups is 1. The van der Waals surface area contributed by atoms with E-state index in [2.05, 4.69) is 27.7 Å². The normalized spacial score (nSPS) is 50.9. The van der Waals surface area contributed by atoms with Crippen molar-refractivity contribution >= 4 is 5.97 Å². The number of aliphatic hydroxyl groups excluding tert-OH is 2. The third kappa shape index (κ3) is 6.67. The Morgan fingerprint density at radius 3 is 2.34 bits per heavy atom. The third-order valence-corrected chi connectivity index (χ3v) is 13.2. The first kappa shape index (κ1) is 37.4. The molecule has 11 nitrogen and oxygen atoms in total. The SMILES string of the molecule is CCC1(C2OC(C3OC(O)(CO)C(C)CC3C)CC2C)CCC(C2(C)CCC3(CC(O)C(C)C(C(C)C(C)C(OC)C(=O)O)O3)O2)O1. The summed E-state index contributed by atoms with van der Waals surface area (Å²) < 4.78 is 39.1. The number of rotatable bonds is 10. The maximum absolute atomic E-state index is 11.9. The van der Waals surface area contributed by atoms with E-state index in [1.807, 2.05) is 27.7 Å². The maximum Gasteiger partial charge on any atom is 0.333 e. The summed E-state index contributed by atoms with van der Waals surface area (Å²) in [7, 11) is 1.41. The van der Waals surface area contributed by atoms with Crippen molar-refractivity contribution < 1.29 is 53.6 Å². The fraction of sp³-hybridized carbons (Fsp3) is 0.972. The first-order valence-corrected chi connectivity index (χ1v) is 18.1. The van der Waals surface area contributed by atoms with Crippen LogP contribution in [0.2, 0.25) is 0 Å². The van der Waals surface area contributed by atoms with Gasteiger partial charge in [-0.25, -0.2) is 4.79 Å². The maximum atomic E-state index is 11.9. The van der Waals surface area contributed by atoms with Crippen molar-refractivity contribution in [3.05, 3.63) is 0 Å². The van der Waals surface area contributed by atoms with Crippen LogP contribution >= 0.6 is 0 Å². The molecule has 5 rings (SSSR count). The Morgan fingerprint density at radius 1 is 1.02 bits per heavy atom. The van der Waals surface area contributed by atoms with Crippen LogP contribution in [0.5, 0.6) is 0 Å². The third-order valence-electron chi connectivity index (χ3n) is 13.2. The second kappa shape index (κ2) is 13.7. The van der Waals surface area contributed by atoms with E-state index in [1.54, 1.807) is 0 Å². The minimum absolute atomic E-state index is 0.151. The number of hydrogen-bond acceptors (Lipinski definition) is 10. The Hall–Kier alpha value is -0.890. The van der Waals surface area contributed by atoms with Gasteiger partial charge in [-0.3, -0.25) is 0 Å². The van der Waals surface area contributed by atoms with Crippen LogP contribution in [0.4, 0.5) is 0 Å². The molecule has 5 fully saturated rings. The number of carboxylic acid groups (broad SMARTS) is 1. The van der Waals surface area contributed by atoms with Crippen molar-refractivity contribution in [1.29, 1.82) is 0 Å². The fourth-order valence-electron chi connectivity index (χ4n) is 9.83. The lowest BCUT2D eigenvalue weighted by molar-refractivity contribution is -0.335. The van der Waals surface area contributed by atoms with Crippen molar-refractivity contribution in [2.75, 3.05) is 13.7 Å². The number of methoxy groups -OCH3 is 1. The quantitative estimate of drug-likeness (QED) is 0.264. The van der Waals surface area contributed by atoms with Gasteiger partial charge in [-0.15, -0.1) is 0 Å². The van der Waals surface area contributed by atoms with Gasteiger partial charge in [0, 0.05) is 31.8 Å². The molecule has 0 aromatic heterocycles. The summed E-state index contributed by atoms with van der Waals surface area (Å²) in [4.78, 5) is 11.9. The molecule has 47 heavy (non-hydrogen) atoms. The summed E-state index contributed by atoms with van der Waals surface area (Å²) in [6.07, 6.45) is 2.70. The van der Waals surface area contributed by atoms with Crippen LogP contribution in [-0.2, 0) is 33.2 Å². The van der Waals surface area contributed by atoms with Crippen molar-refractivity contribution in [1.82, 2.24) is 0 Å². The van der Waals surface area contributed by atoms with Gasteiger partial charge in [-0.1, -0.05) is 48.5 Å². The van der Waals surface area contributed by atoms with E-state index in [9.17, 15) is 25.2 Å². The van der Waals surface area contributed by atoms with Crippen molar-refractivity contribution in [2.45, 2.75) is 172 Å². The number of carboxylic acids is 1. The molecule has 17 unspecified atom stereocenters. The van der Waals surface area contributed by atoms with Crippen molar-refractivity contribution in [3.8, 4) is 0 Å². The van der Waals surface area contributed by atoms with Gasteiger partial charge in [0.15, 0.2) is 17.7 Å². The van der Waals surface area contributed by atoms with Crippen LogP contribution in [-0.4, -0.2) is 106 Å². The molecule has 0 saturated carbocycles. The molecular weight excluding hydrogens is 608 g/mol. The number of aliphatic hydroxyl groups is 3. The van der Waals surface area contributed by atoms with Gasteiger partial charge in [-0.2, -0.15) is 0 Å². The summed E-state index contributed by atoms with van der Waals surface area (Å²) in [5, 5.41) is 41.9. The van der Waals surface area contributed by atoms with Gasteiger partial charge in [0.1, 0.15) is 0 Å². The average molecular weight is 671 g/mol. The highest BCUT2D eigenvalue weighted by molar-refractivity contribution is 5.72. The van der Waals surface area contributed by atoms with Crippen molar-refractivity contribution in [3.63, 3.8) is 0 Å². The van der Waals surface area contributed by atoms with E-state index < -0.39 is 53.7 Å². The molecule has 5 saturated heterocycles. The lowest BCUT2D eigenvalue weighted by Gasteiger charge is -2.48. The van der Waals surface area contributed by atoms with E-state index in [4.69, 9.17) is 28.4 Å². The summed E-state index contributed by atoms with van der Waals surface area (Å²) >= 11 is 0. The van der Waals surface area contributed by atoms with E-state index >= 15 is 0 Å². The van der Waals surface area contributed by atoms with Crippen LogP contribution in [0.15, 0.2) is 0 Å². The Labute approximate surface area is 281 Å². The fourth-order valence-corrected chi connectivity index (χ4v) is 9.83. The molecule has 272 valence electrons. The molecule has 0 bridgehead atoms. The van der Waals surface area contributed by atoms with Gasteiger partial charge in [0.25, 0.3) is 0 Å². The van der Waals surface area contributed by atoms with Crippen molar-refractivity contribution in [2.24, 2.45) is 35.5 Å². The first-order chi connectivity index (χ1) is 22.0. The molecular formula is C36H62O11. The highest BCUT2D eigenvalue weighted by Gasteiger charge is 2.62. The van der Waals surface area contributed by atoms with Gasteiger partial charge < -0.3 is 48.8 Å².